The van der Waals surface area contributed by atoms with E-state index in [1.165, 1.54) is 33.0 Å². The molecule has 3 heteroatoms. The molecule has 0 aliphatic carbocycles. The maximum Gasteiger partial charge on any atom is 0.137 e. The Morgan fingerprint density at radius 2 is 0.658 bits per heavy atom. The molecule has 0 N–H and O–H groups in total. The molecule has 1 heterocycles. The number of para-hydroxylation sites is 3. The van der Waals surface area contributed by atoms with Crippen LogP contribution < -0.4 is 9.80 Å². The molecular formula is C70H48N2O. The van der Waals surface area contributed by atoms with Crippen molar-refractivity contribution < 1.29 is 4.42 Å². The summed E-state index contributed by atoms with van der Waals surface area (Å²) in [6, 6.07) is 105. The smallest absolute Gasteiger partial charge is 0.137 e. The summed E-state index contributed by atoms with van der Waals surface area (Å²) in [6.07, 6.45) is 0. The van der Waals surface area contributed by atoms with E-state index in [0.29, 0.717) is 0 Å². The third kappa shape index (κ3) is 8.39. The first-order valence-corrected chi connectivity index (χ1v) is 24.9. The van der Waals surface area contributed by atoms with Gasteiger partial charge in [0.2, 0.25) is 0 Å². The van der Waals surface area contributed by atoms with Crippen molar-refractivity contribution in [1.82, 2.24) is 0 Å². The molecule has 73 heavy (non-hydrogen) atoms. The number of nitrogens with zero attached hydrogens (tertiary/aromatic N) is 2. The molecule has 0 amide bonds. The largest absolute Gasteiger partial charge is 0.456 e. The highest BCUT2D eigenvalue weighted by Gasteiger charge is 2.22. The number of hydrogen-bond donors (Lipinski definition) is 0. The van der Waals surface area contributed by atoms with Gasteiger partial charge in [0.25, 0.3) is 0 Å². The number of hydrogen-bond acceptors (Lipinski definition) is 3. The van der Waals surface area contributed by atoms with Crippen LogP contribution in [0.4, 0.5) is 34.1 Å². The van der Waals surface area contributed by atoms with Crippen LogP contribution in [-0.4, -0.2) is 0 Å². The SMILES string of the molecule is c1ccc(-c2ccc(-c3ccc(N(c4cccc(-c5ccc6ccccc6c5)c4)c4ccccc4-c4cccc(N(c5ccc6c(c5)oc5ccccc56)c5ccccc5-c5ccccc5)c4)cc3)cc2)cc1. The second-order valence-corrected chi connectivity index (χ2v) is 18.5. The quantitative estimate of drug-likeness (QED) is 0.129. The standard InChI is InChI=1S/C70H48N2O/c1-3-17-49(18-4-1)51-33-35-52(36-34-51)53-39-41-59(42-40-53)71(60-25-15-23-56(46-60)57-38-37-50-19-7-8-22-55(50)45-57)68-31-13-10-28-64(68)58-24-16-26-61(47-58)72(67-30-12-9-27-63(67)54-20-5-2-6-21-54)62-43-44-66-65-29-11-14-32-69(65)73-70(66)48-62/h1-48H. The summed E-state index contributed by atoms with van der Waals surface area (Å²) in [4.78, 5) is 4.78. The van der Waals surface area contributed by atoms with Crippen molar-refractivity contribution in [2.45, 2.75) is 0 Å². The van der Waals surface area contributed by atoms with Crippen LogP contribution in [0.25, 0.3) is 88.3 Å². The predicted molar refractivity (Wildman–Crippen MR) is 308 cm³/mol. The first-order valence-electron chi connectivity index (χ1n) is 24.9. The molecular weight excluding hydrogens is 885 g/mol. The van der Waals surface area contributed by atoms with E-state index < -0.39 is 0 Å². The van der Waals surface area contributed by atoms with E-state index in [4.69, 9.17) is 4.42 Å². The fourth-order valence-electron chi connectivity index (χ4n) is 10.4. The highest BCUT2D eigenvalue weighted by molar-refractivity contribution is 6.06. The Bertz CT molecular complexity index is 4080. The van der Waals surface area contributed by atoms with Gasteiger partial charge in [-0.05, 0) is 128 Å². The Labute approximate surface area is 425 Å². The van der Waals surface area contributed by atoms with Gasteiger partial charge in [0.1, 0.15) is 11.2 Å². The lowest BCUT2D eigenvalue weighted by Gasteiger charge is -2.30. The van der Waals surface area contributed by atoms with Gasteiger partial charge in [-0.15, -0.1) is 0 Å². The van der Waals surface area contributed by atoms with E-state index in [9.17, 15) is 0 Å². The molecule has 0 spiro atoms. The van der Waals surface area contributed by atoms with Crippen molar-refractivity contribution in [2.75, 3.05) is 9.80 Å². The number of fused-ring (bicyclic) bond motifs is 4. The van der Waals surface area contributed by atoms with Gasteiger partial charge in [0.05, 0.1) is 11.4 Å². The second kappa shape index (κ2) is 18.9. The maximum absolute atomic E-state index is 6.53. The van der Waals surface area contributed by atoms with Crippen LogP contribution in [0.15, 0.2) is 296 Å². The summed E-state index contributed by atoms with van der Waals surface area (Å²) in [6.45, 7) is 0. The molecule has 3 nitrogen and oxygen atoms in total. The zero-order valence-corrected chi connectivity index (χ0v) is 40.0. The first kappa shape index (κ1) is 43.3. The fraction of sp³-hybridized carbons (Fsp3) is 0. The van der Waals surface area contributed by atoms with Crippen molar-refractivity contribution in [3.8, 4) is 55.6 Å². The number of furan rings is 1. The lowest BCUT2D eigenvalue weighted by Crippen LogP contribution is -2.12. The molecule has 0 saturated carbocycles. The molecule has 0 aliphatic heterocycles. The molecule has 0 radical (unpaired) electrons. The van der Waals surface area contributed by atoms with Crippen LogP contribution in [0.1, 0.15) is 0 Å². The molecule has 0 aliphatic rings. The van der Waals surface area contributed by atoms with Crippen LogP contribution in [0.2, 0.25) is 0 Å². The summed E-state index contributed by atoms with van der Waals surface area (Å²) < 4.78 is 6.53. The zero-order chi connectivity index (χ0) is 48.5. The predicted octanol–water partition coefficient (Wildman–Crippen LogP) is 20.0. The number of benzene rings is 12. The van der Waals surface area contributed by atoms with Crippen LogP contribution >= 0.6 is 0 Å². The molecule has 344 valence electrons. The van der Waals surface area contributed by atoms with Crippen LogP contribution in [0, 0.1) is 0 Å². The first-order chi connectivity index (χ1) is 36.2. The second-order valence-electron chi connectivity index (χ2n) is 18.5. The number of anilines is 6. The molecule has 12 aromatic carbocycles. The fourth-order valence-corrected chi connectivity index (χ4v) is 10.4. The van der Waals surface area contributed by atoms with Gasteiger partial charge in [-0.2, -0.15) is 0 Å². The Balaban J connectivity index is 0.947. The zero-order valence-electron chi connectivity index (χ0n) is 40.0. The molecule has 0 unspecified atom stereocenters. The third-order valence-corrected chi connectivity index (χ3v) is 14.0. The van der Waals surface area contributed by atoms with Crippen molar-refractivity contribution in [2.24, 2.45) is 0 Å². The Morgan fingerprint density at radius 3 is 1.36 bits per heavy atom. The third-order valence-electron chi connectivity index (χ3n) is 14.0. The minimum atomic E-state index is 0.846. The summed E-state index contributed by atoms with van der Waals surface area (Å²) in [5, 5.41) is 4.65. The van der Waals surface area contributed by atoms with Crippen LogP contribution in [0.3, 0.4) is 0 Å². The van der Waals surface area contributed by atoms with Crippen LogP contribution in [0.5, 0.6) is 0 Å². The van der Waals surface area contributed by atoms with E-state index in [-0.39, 0.29) is 0 Å². The molecule has 13 rings (SSSR count). The van der Waals surface area contributed by atoms with Crippen molar-refractivity contribution >= 4 is 66.8 Å². The summed E-state index contributed by atoms with van der Waals surface area (Å²) in [7, 11) is 0. The minimum Gasteiger partial charge on any atom is -0.456 e. The number of rotatable bonds is 11. The normalized spacial score (nSPS) is 11.3. The summed E-state index contributed by atoms with van der Waals surface area (Å²) >= 11 is 0. The average Bonchev–Trinajstić information content (AvgIpc) is 3.84. The topological polar surface area (TPSA) is 19.6 Å². The highest BCUT2D eigenvalue weighted by atomic mass is 16.3. The summed E-state index contributed by atoms with van der Waals surface area (Å²) in [5.41, 5.74) is 19.5. The molecule has 1 aromatic heterocycles. The van der Waals surface area contributed by atoms with Crippen molar-refractivity contribution in [3.05, 3.63) is 291 Å². The lowest BCUT2D eigenvalue weighted by molar-refractivity contribution is 0.669. The van der Waals surface area contributed by atoms with Crippen molar-refractivity contribution in [1.29, 1.82) is 0 Å². The summed E-state index contributed by atoms with van der Waals surface area (Å²) in [5.74, 6) is 0. The minimum absolute atomic E-state index is 0.846. The van der Waals surface area contributed by atoms with Gasteiger partial charge in [-0.25, -0.2) is 0 Å². The van der Waals surface area contributed by atoms with Gasteiger partial charge in [-0.3, -0.25) is 0 Å². The Hall–Kier alpha value is -9.70. The van der Waals surface area contributed by atoms with Gasteiger partial charge in [-0.1, -0.05) is 212 Å². The monoisotopic (exact) mass is 932 g/mol. The molecule has 13 aromatic rings. The van der Waals surface area contributed by atoms with Gasteiger partial charge in [0, 0.05) is 50.7 Å². The van der Waals surface area contributed by atoms with E-state index in [2.05, 4.69) is 289 Å². The molecule has 0 bridgehead atoms. The Morgan fingerprint density at radius 1 is 0.219 bits per heavy atom. The average molecular weight is 933 g/mol. The van der Waals surface area contributed by atoms with E-state index in [1.807, 2.05) is 12.1 Å². The molecule has 0 atom stereocenters. The van der Waals surface area contributed by atoms with Gasteiger partial charge >= 0.3 is 0 Å². The van der Waals surface area contributed by atoms with Gasteiger partial charge < -0.3 is 14.2 Å². The van der Waals surface area contributed by atoms with Crippen molar-refractivity contribution in [3.63, 3.8) is 0 Å². The van der Waals surface area contributed by atoms with E-state index in [1.54, 1.807) is 0 Å². The lowest BCUT2D eigenvalue weighted by atomic mass is 9.98. The molecule has 0 saturated heterocycles. The maximum atomic E-state index is 6.53. The van der Waals surface area contributed by atoms with Crippen LogP contribution in [-0.2, 0) is 0 Å². The molecule has 0 fully saturated rings. The van der Waals surface area contributed by atoms with E-state index >= 15 is 0 Å². The Kier molecular flexibility index (Phi) is 11.2. The van der Waals surface area contributed by atoms with Gasteiger partial charge in [0.15, 0.2) is 0 Å². The van der Waals surface area contributed by atoms with E-state index in [0.717, 1.165) is 89.4 Å². The highest BCUT2D eigenvalue weighted by Crippen LogP contribution is 2.46.